The molecular formula is C15H18N2O3. The van der Waals surface area contributed by atoms with Gasteiger partial charge in [0.1, 0.15) is 5.75 Å². The molecule has 1 aromatic rings. The SMILES string of the molecule is O=C1CC2(CCN(C(=O)c3cccc(O)c3)CC2)CN1. The van der Waals surface area contributed by atoms with Crippen LogP contribution in [0, 0.1) is 5.41 Å². The Hall–Kier alpha value is -2.04. The highest BCUT2D eigenvalue weighted by molar-refractivity contribution is 5.94. The van der Waals surface area contributed by atoms with Crippen LogP contribution in [0.4, 0.5) is 0 Å². The molecule has 2 amide bonds. The number of phenols is 1. The fourth-order valence-electron chi connectivity index (χ4n) is 3.11. The molecule has 106 valence electrons. The third-order valence-electron chi connectivity index (χ3n) is 4.40. The van der Waals surface area contributed by atoms with Crippen LogP contribution in [-0.2, 0) is 4.79 Å². The zero-order chi connectivity index (χ0) is 14.2. The van der Waals surface area contributed by atoms with Crippen LogP contribution >= 0.6 is 0 Å². The molecule has 1 spiro atoms. The number of hydrogen-bond acceptors (Lipinski definition) is 3. The molecule has 2 aliphatic rings. The third-order valence-corrected chi connectivity index (χ3v) is 4.40. The Balaban J connectivity index is 1.66. The number of piperidine rings is 1. The summed E-state index contributed by atoms with van der Waals surface area (Å²) in [4.78, 5) is 25.5. The number of hydrogen-bond donors (Lipinski definition) is 2. The van der Waals surface area contributed by atoms with E-state index in [4.69, 9.17) is 0 Å². The Morgan fingerprint density at radius 1 is 1.30 bits per heavy atom. The number of nitrogens with zero attached hydrogens (tertiary/aromatic N) is 1. The zero-order valence-electron chi connectivity index (χ0n) is 11.3. The number of phenolic OH excluding ortho intramolecular Hbond substituents is 1. The lowest BCUT2D eigenvalue weighted by Gasteiger charge is -2.38. The summed E-state index contributed by atoms with van der Waals surface area (Å²) < 4.78 is 0. The summed E-state index contributed by atoms with van der Waals surface area (Å²) >= 11 is 0. The van der Waals surface area contributed by atoms with Gasteiger partial charge >= 0.3 is 0 Å². The summed E-state index contributed by atoms with van der Waals surface area (Å²) in [5.74, 6) is 0.181. The molecule has 0 aromatic heterocycles. The van der Waals surface area contributed by atoms with Crippen molar-refractivity contribution in [1.29, 1.82) is 0 Å². The number of likely N-dealkylation sites (tertiary alicyclic amines) is 1. The maximum absolute atomic E-state index is 12.4. The van der Waals surface area contributed by atoms with Gasteiger partial charge in [-0.1, -0.05) is 6.07 Å². The molecule has 5 heteroatoms. The van der Waals surface area contributed by atoms with E-state index in [1.807, 2.05) is 4.90 Å². The lowest BCUT2D eigenvalue weighted by Crippen LogP contribution is -2.44. The van der Waals surface area contributed by atoms with Crippen LogP contribution in [0.2, 0.25) is 0 Å². The second-order valence-corrected chi connectivity index (χ2v) is 5.80. The summed E-state index contributed by atoms with van der Waals surface area (Å²) in [5.41, 5.74) is 0.564. The molecule has 1 aromatic carbocycles. The molecular weight excluding hydrogens is 256 g/mol. The van der Waals surface area contributed by atoms with E-state index >= 15 is 0 Å². The first-order valence-corrected chi connectivity index (χ1v) is 6.93. The fraction of sp³-hybridized carbons (Fsp3) is 0.467. The highest BCUT2D eigenvalue weighted by atomic mass is 16.3. The summed E-state index contributed by atoms with van der Waals surface area (Å²) in [6.07, 6.45) is 2.30. The highest BCUT2D eigenvalue weighted by Crippen LogP contribution is 2.37. The Bertz CT molecular complexity index is 548. The molecule has 0 radical (unpaired) electrons. The van der Waals surface area contributed by atoms with Crippen molar-refractivity contribution in [2.75, 3.05) is 19.6 Å². The molecule has 3 rings (SSSR count). The van der Waals surface area contributed by atoms with E-state index in [0.717, 1.165) is 19.4 Å². The fourth-order valence-corrected chi connectivity index (χ4v) is 3.11. The van der Waals surface area contributed by atoms with Crippen LogP contribution in [0.1, 0.15) is 29.6 Å². The molecule has 0 aliphatic carbocycles. The molecule has 2 N–H and O–H groups in total. The van der Waals surface area contributed by atoms with Gasteiger partial charge in [-0.3, -0.25) is 9.59 Å². The predicted molar refractivity (Wildman–Crippen MR) is 73.3 cm³/mol. The molecule has 2 heterocycles. The lowest BCUT2D eigenvalue weighted by atomic mass is 9.77. The first-order chi connectivity index (χ1) is 9.58. The van der Waals surface area contributed by atoms with Gasteiger partial charge in [-0.25, -0.2) is 0 Å². The van der Waals surface area contributed by atoms with Crippen molar-refractivity contribution in [2.45, 2.75) is 19.3 Å². The molecule has 20 heavy (non-hydrogen) atoms. The number of nitrogens with one attached hydrogen (secondary N) is 1. The quantitative estimate of drug-likeness (QED) is 0.806. The van der Waals surface area contributed by atoms with Gasteiger partial charge in [0.15, 0.2) is 0 Å². The van der Waals surface area contributed by atoms with Crippen molar-refractivity contribution in [3.8, 4) is 5.75 Å². The van der Waals surface area contributed by atoms with Crippen LogP contribution in [0.25, 0.3) is 0 Å². The third kappa shape index (κ3) is 2.35. The van der Waals surface area contributed by atoms with Gasteiger partial charge < -0.3 is 15.3 Å². The zero-order valence-corrected chi connectivity index (χ0v) is 11.3. The first kappa shape index (κ1) is 13.0. The number of carbonyl (C=O) groups excluding carboxylic acids is 2. The maximum Gasteiger partial charge on any atom is 0.253 e. The predicted octanol–water partition coefficient (Wildman–Crippen LogP) is 1.13. The molecule has 0 bridgehead atoms. The second kappa shape index (κ2) is 4.81. The van der Waals surface area contributed by atoms with Gasteiger partial charge in [0.2, 0.25) is 5.91 Å². The van der Waals surface area contributed by atoms with Gasteiger partial charge in [0, 0.05) is 31.6 Å². The largest absolute Gasteiger partial charge is 0.508 e. The minimum Gasteiger partial charge on any atom is -0.508 e. The van der Waals surface area contributed by atoms with Crippen LogP contribution in [0.3, 0.4) is 0 Å². The monoisotopic (exact) mass is 274 g/mol. The average molecular weight is 274 g/mol. The average Bonchev–Trinajstić information content (AvgIpc) is 2.80. The number of amides is 2. The Kier molecular flexibility index (Phi) is 3.12. The minimum atomic E-state index is -0.0481. The van der Waals surface area contributed by atoms with Gasteiger partial charge in [0.25, 0.3) is 5.91 Å². The number of benzene rings is 1. The van der Waals surface area contributed by atoms with E-state index in [9.17, 15) is 14.7 Å². The van der Waals surface area contributed by atoms with Gasteiger partial charge in [0.05, 0.1) is 0 Å². The van der Waals surface area contributed by atoms with E-state index in [1.165, 1.54) is 6.07 Å². The summed E-state index contributed by atoms with van der Waals surface area (Å²) in [7, 11) is 0. The molecule has 2 saturated heterocycles. The topological polar surface area (TPSA) is 69.6 Å². The molecule has 2 fully saturated rings. The second-order valence-electron chi connectivity index (χ2n) is 5.80. The van der Waals surface area contributed by atoms with E-state index in [1.54, 1.807) is 18.2 Å². The lowest BCUT2D eigenvalue weighted by molar-refractivity contribution is -0.119. The van der Waals surface area contributed by atoms with Crippen molar-refractivity contribution in [2.24, 2.45) is 5.41 Å². The van der Waals surface area contributed by atoms with Crippen LogP contribution < -0.4 is 5.32 Å². The van der Waals surface area contributed by atoms with Crippen molar-refractivity contribution in [3.05, 3.63) is 29.8 Å². The molecule has 2 aliphatic heterocycles. The molecule has 0 atom stereocenters. The molecule has 5 nitrogen and oxygen atoms in total. The van der Waals surface area contributed by atoms with E-state index in [2.05, 4.69) is 5.32 Å². The van der Waals surface area contributed by atoms with Crippen molar-refractivity contribution in [3.63, 3.8) is 0 Å². The van der Waals surface area contributed by atoms with Crippen molar-refractivity contribution in [1.82, 2.24) is 10.2 Å². The summed E-state index contributed by atoms with van der Waals surface area (Å²) in [6, 6.07) is 6.44. The van der Waals surface area contributed by atoms with Crippen LogP contribution in [0.15, 0.2) is 24.3 Å². The van der Waals surface area contributed by atoms with Crippen molar-refractivity contribution >= 4 is 11.8 Å². The minimum absolute atomic E-state index is 0.0481. The number of rotatable bonds is 1. The smallest absolute Gasteiger partial charge is 0.253 e. The Morgan fingerprint density at radius 3 is 2.65 bits per heavy atom. The standard InChI is InChI=1S/C15H18N2O3/c18-12-3-1-2-11(8-12)14(20)17-6-4-15(5-7-17)9-13(19)16-10-15/h1-3,8,18H,4-7,9-10H2,(H,16,19). The normalized spacial score (nSPS) is 21.0. The Morgan fingerprint density at radius 2 is 2.05 bits per heavy atom. The van der Waals surface area contributed by atoms with E-state index in [-0.39, 0.29) is 23.0 Å². The number of carbonyl (C=O) groups is 2. The summed E-state index contributed by atoms with van der Waals surface area (Å²) in [6.45, 7) is 2.08. The highest BCUT2D eigenvalue weighted by Gasteiger charge is 2.41. The van der Waals surface area contributed by atoms with Crippen LogP contribution in [-0.4, -0.2) is 41.5 Å². The summed E-state index contributed by atoms with van der Waals surface area (Å²) in [5, 5.41) is 12.3. The van der Waals surface area contributed by atoms with E-state index < -0.39 is 0 Å². The van der Waals surface area contributed by atoms with E-state index in [0.29, 0.717) is 25.1 Å². The first-order valence-electron chi connectivity index (χ1n) is 6.93. The van der Waals surface area contributed by atoms with Crippen LogP contribution in [0.5, 0.6) is 5.75 Å². The number of aromatic hydroxyl groups is 1. The Labute approximate surface area is 117 Å². The molecule has 0 saturated carbocycles. The van der Waals surface area contributed by atoms with Gasteiger partial charge in [-0.05, 0) is 36.5 Å². The van der Waals surface area contributed by atoms with Gasteiger partial charge in [-0.15, -0.1) is 0 Å². The van der Waals surface area contributed by atoms with Gasteiger partial charge in [-0.2, -0.15) is 0 Å². The van der Waals surface area contributed by atoms with Crippen molar-refractivity contribution < 1.29 is 14.7 Å². The molecule has 0 unspecified atom stereocenters. The maximum atomic E-state index is 12.4.